The van der Waals surface area contributed by atoms with E-state index >= 15 is 4.39 Å². The number of hydrogen-bond acceptors (Lipinski definition) is 3. The van der Waals surface area contributed by atoms with Crippen LogP contribution >= 0.6 is 0 Å². The first-order valence-corrected chi connectivity index (χ1v) is 16.0. The van der Waals surface area contributed by atoms with E-state index in [-0.39, 0.29) is 23.4 Å². The number of rotatable bonds is 8. The summed E-state index contributed by atoms with van der Waals surface area (Å²) in [6, 6.07) is 21.0. The van der Waals surface area contributed by atoms with Gasteiger partial charge in [-0.3, -0.25) is 0 Å². The molecule has 2 aliphatic rings. The van der Waals surface area contributed by atoms with E-state index in [1.165, 1.54) is 42.8 Å². The summed E-state index contributed by atoms with van der Waals surface area (Å²) in [5.74, 6) is -0.223. The maximum Gasteiger partial charge on any atom is 0.397 e. The molecule has 5 nitrogen and oxygen atoms in total. The third kappa shape index (κ3) is 7.33. The van der Waals surface area contributed by atoms with Crippen molar-refractivity contribution in [1.82, 2.24) is 0 Å². The van der Waals surface area contributed by atoms with E-state index in [2.05, 4.69) is 38.3 Å². The van der Waals surface area contributed by atoms with Crippen LogP contribution in [0.1, 0.15) is 88.8 Å². The Labute approximate surface area is 269 Å². The van der Waals surface area contributed by atoms with Crippen LogP contribution in [0.3, 0.4) is 0 Å². The van der Waals surface area contributed by atoms with Gasteiger partial charge in [-0.25, -0.2) is 9.18 Å². The molecule has 0 spiro atoms. The Bertz CT molecular complexity index is 1610. The molecule has 3 N–H and O–H groups in total. The maximum atomic E-state index is 15.8. The highest BCUT2D eigenvalue weighted by atomic mass is 19.3. The molecule has 2 amide bonds. The quantitative estimate of drug-likeness (QED) is 0.231. The minimum atomic E-state index is -3.26. The molecular weight excluding hydrogens is 589 g/mol. The molecule has 1 saturated carbocycles. The maximum absolute atomic E-state index is 15.8. The summed E-state index contributed by atoms with van der Waals surface area (Å²) >= 11 is 0. The number of nitrogens with one attached hydrogen (secondary N) is 2. The molecular formula is C38H43F3N2O3. The van der Waals surface area contributed by atoms with Gasteiger partial charge in [-0.15, -0.1) is 0 Å². The van der Waals surface area contributed by atoms with Crippen molar-refractivity contribution in [3.63, 3.8) is 0 Å². The number of hydrogen-bond donors (Lipinski definition) is 3. The number of halogens is 3. The zero-order chi connectivity index (χ0) is 33.2. The van der Waals surface area contributed by atoms with Crippen LogP contribution in [0.5, 0.6) is 5.75 Å². The molecule has 244 valence electrons. The van der Waals surface area contributed by atoms with Crippen LogP contribution in [0.2, 0.25) is 0 Å². The summed E-state index contributed by atoms with van der Waals surface area (Å²) in [5.41, 5.74) is 5.09. The van der Waals surface area contributed by atoms with Gasteiger partial charge >= 0.3 is 12.1 Å². The fourth-order valence-corrected chi connectivity index (χ4v) is 6.89. The molecule has 0 aromatic heterocycles. The van der Waals surface area contributed by atoms with Gasteiger partial charge in [0.15, 0.2) is 0 Å². The number of alkyl halides is 2. The molecule has 0 saturated heterocycles. The first-order chi connectivity index (χ1) is 21.8. The van der Waals surface area contributed by atoms with E-state index in [1.54, 1.807) is 0 Å². The molecule has 3 aromatic carbocycles. The topological polar surface area (TPSA) is 70.6 Å². The van der Waals surface area contributed by atoms with Crippen molar-refractivity contribution < 1.29 is 27.8 Å². The van der Waals surface area contributed by atoms with Gasteiger partial charge in [0.1, 0.15) is 11.6 Å². The lowest BCUT2D eigenvalue weighted by Gasteiger charge is -2.38. The number of allylic oxidation sites excluding steroid dienone is 2. The van der Waals surface area contributed by atoms with Gasteiger partial charge in [0.05, 0.1) is 6.10 Å². The van der Waals surface area contributed by atoms with E-state index in [9.17, 15) is 18.7 Å². The number of aliphatic hydroxyl groups is 1. The van der Waals surface area contributed by atoms with Crippen molar-refractivity contribution in [3.8, 4) is 5.75 Å². The highest BCUT2D eigenvalue weighted by molar-refractivity contribution is 6.00. The van der Waals surface area contributed by atoms with E-state index in [0.29, 0.717) is 35.7 Å². The van der Waals surface area contributed by atoms with E-state index < -0.39 is 30.1 Å². The first-order valence-electron chi connectivity index (χ1n) is 16.0. The second kappa shape index (κ2) is 13.4. The van der Waals surface area contributed by atoms with E-state index in [0.717, 1.165) is 23.1 Å². The van der Waals surface area contributed by atoms with E-state index in [1.807, 2.05) is 48.5 Å². The lowest BCUT2D eigenvalue weighted by Crippen LogP contribution is -2.31. The fourth-order valence-electron chi connectivity index (χ4n) is 6.89. The Morgan fingerprint density at radius 2 is 1.67 bits per heavy atom. The van der Waals surface area contributed by atoms with Gasteiger partial charge in [-0.1, -0.05) is 77.1 Å². The van der Waals surface area contributed by atoms with Gasteiger partial charge in [0, 0.05) is 29.3 Å². The zero-order valence-corrected chi connectivity index (χ0v) is 27.0. The lowest BCUT2D eigenvalue weighted by atomic mass is 9.67. The summed E-state index contributed by atoms with van der Waals surface area (Å²) in [4.78, 5) is 13.1. The number of anilines is 2. The van der Waals surface area contributed by atoms with Crippen LogP contribution in [0.4, 0.5) is 29.3 Å². The van der Waals surface area contributed by atoms with Crippen molar-refractivity contribution in [2.75, 3.05) is 10.6 Å². The molecule has 8 heteroatoms. The lowest BCUT2D eigenvalue weighted by molar-refractivity contribution is -0.177. The summed E-state index contributed by atoms with van der Waals surface area (Å²) in [7, 11) is 0. The largest absolute Gasteiger partial charge is 0.433 e. The van der Waals surface area contributed by atoms with Crippen LogP contribution in [-0.4, -0.2) is 23.4 Å². The highest BCUT2D eigenvalue weighted by Crippen LogP contribution is 2.54. The number of para-hydroxylation sites is 1. The predicted molar refractivity (Wildman–Crippen MR) is 178 cm³/mol. The van der Waals surface area contributed by atoms with Gasteiger partial charge < -0.3 is 20.5 Å². The summed E-state index contributed by atoms with van der Waals surface area (Å²) in [6.45, 7) is 9.83. The molecule has 1 fully saturated rings. The molecule has 0 heterocycles. The Balaban J connectivity index is 1.38. The van der Waals surface area contributed by atoms with Crippen LogP contribution in [-0.2, 0) is 0 Å². The highest BCUT2D eigenvalue weighted by Gasteiger charge is 2.43. The SMILES string of the molecule is CCC(F)(F)Oc1ccc(NC(=O)Nc2ccccc2C2CCC3C(=C(c4ccc(C(C)C)cc4)C(F)=CC3O)C(C)(C)C2)cc1. The molecule has 3 atom stereocenters. The number of fused-ring (bicyclic) bond motifs is 1. The molecule has 5 rings (SSSR count). The average Bonchev–Trinajstić information content (AvgIpc) is 3.14. The van der Waals surface area contributed by atoms with Crippen molar-refractivity contribution in [2.45, 2.75) is 84.4 Å². The minimum Gasteiger partial charge on any atom is -0.433 e. The Morgan fingerprint density at radius 3 is 2.33 bits per heavy atom. The van der Waals surface area contributed by atoms with Crippen LogP contribution in [0.15, 0.2) is 90.3 Å². The normalized spacial score (nSPS) is 21.3. The summed E-state index contributed by atoms with van der Waals surface area (Å²) in [5, 5.41) is 16.8. The standard InChI is InChI=1S/C38H43F3N2O3/c1-6-38(40,41)46-28-18-16-27(17-19-28)42-36(45)43-32-10-8-7-9-29(32)26-15-20-30-33(44)21-31(39)34(35(30)37(4,5)22-26)25-13-11-24(12-14-25)23(2)3/h7-14,16-19,21,23,26,30,33,44H,6,15,20,22H2,1-5H3,(H2,42,43,45). The molecule has 3 aromatic rings. The smallest absolute Gasteiger partial charge is 0.397 e. The monoisotopic (exact) mass is 632 g/mol. The number of carbonyl (C=O) groups excluding carboxylic acids is 1. The number of ether oxygens (including phenoxy) is 1. The molecule has 0 aliphatic heterocycles. The second-order valence-electron chi connectivity index (χ2n) is 13.3. The van der Waals surface area contributed by atoms with Gasteiger partial charge in [-0.2, -0.15) is 8.78 Å². The van der Waals surface area contributed by atoms with Crippen molar-refractivity contribution >= 4 is 23.0 Å². The number of aliphatic hydroxyl groups excluding tert-OH is 1. The number of benzene rings is 3. The Morgan fingerprint density at radius 1 is 1.00 bits per heavy atom. The first kappa shape index (κ1) is 33.3. The third-order valence-electron chi connectivity index (χ3n) is 9.23. The zero-order valence-electron chi connectivity index (χ0n) is 27.0. The minimum absolute atomic E-state index is 0.00532. The van der Waals surface area contributed by atoms with E-state index in [4.69, 9.17) is 4.74 Å². The molecule has 0 radical (unpaired) electrons. The second-order valence-corrected chi connectivity index (χ2v) is 13.3. The number of carbonyl (C=O) groups is 1. The number of amides is 2. The van der Waals surface area contributed by atoms with Crippen molar-refractivity contribution in [3.05, 3.63) is 107 Å². The number of urea groups is 1. The molecule has 0 bridgehead atoms. The Hall–Kier alpha value is -4.04. The third-order valence-corrected chi connectivity index (χ3v) is 9.23. The van der Waals surface area contributed by atoms with Crippen molar-refractivity contribution in [1.29, 1.82) is 0 Å². The van der Waals surface area contributed by atoms with Crippen LogP contribution < -0.4 is 15.4 Å². The molecule has 2 aliphatic carbocycles. The molecule has 3 unspecified atom stereocenters. The van der Waals surface area contributed by atoms with Crippen molar-refractivity contribution in [2.24, 2.45) is 11.3 Å². The summed E-state index contributed by atoms with van der Waals surface area (Å²) in [6.07, 6.45) is -1.19. The predicted octanol–water partition coefficient (Wildman–Crippen LogP) is 10.4. The van der Waals surface area contributed by atoms with Gasteiger partial charge in [0.25, 0.3) is 0 Å². The summed E-state index contributed by atoms with van der Waals surface area (Å²) < 4.78 is 47.6. The fraction of sp³-hybridized carbons (Fsp3) is 0.395. The molecule has 46 heavy (non-hydrogen) atoms. The van der Waals surface area contributed by atoms with Crippen LogP contribution in [0.25, 0.3) is 5.57 Å². The van der Waals surface area contributed by atoms with Gasteiger partial charge in [0.2, 0.25) is 0 Å². The average molecular weight is 633 g/mol. The van der Waals surface area contributed by atoms with Crippen LogP contribution in [0, 0.1) is 11.3 Å². The Kier molecular flexibility index (Phi) is 9.68. The van der Waals surface area contributed by atoms with Gasteiger partial charge in [-0.05, 0) is 95.2 Å².